The number of nitrogens with two attached hydrogens (primary N) is 1. The summed E-state index contributed by atoms with van der Waals surface area (Å²) in [7, 11) is 0. The Hall–Kier alpha value is -1.28. The molecule has 0 spiro atoms. The molecule has 0 amide bonds. The van der Waals surface area contributed by atoms with E-state index < -0.39 is 41.7 Å². The highest BCUT2D eigenvalue weighted by Gasteiger charge is 2.41. The summed E-state index contributed by atoms with van der Waals surface area (Å²) in [5, 5.41) is 8.37. The van der Waals surface area contributed by atoms with Crippen molar-refractivity contribution in [3.8, 4) is 0 Å². The summed E-state index contributed by atoms with van der Waals surface area (Å²) in [5.74, 6) is -5.77. The second kappa shape index (κ2) is 4.77. The van der Waals surface area contributed by atoms with E-state index in [1.54, 1.807) is 0 Å². The standard InChI is InChI=1S/C10H9F6NO/c11-7-5(8(17)9(12,13)4-18)2-1-3-6(7)10(14,15)16/h1-3,8,18H,4,17H2/t8-/m0/s1. The minimum Gasteiger partial charge on any atom is -0.390 e. The average molecular weight is 273 g/mol. The predicted molar refractivity (Wildman–Crippen MR) is 50.4 cm³/mol. The molecule has 0 unspecified atom stereocenters. The minimum atomic E-state index is -5.01. The molecular formula is C10H9F6NO. The van der Waals surface area contributed by atoms with Crippen LogP contribution in [0, 0.1) is 5.82 Å². The fourth-order valence-electron chi connectivity index (χ4n) is 1.33. The van der Waals surface area contributed by atoms with Gasteiger partial charge in [0.15, 0.2) is 0 Å². The van der Waals surface area contributed by atoms with Gasteiger partial charge in [-0.15, -0.1) is 0 Å². The van der Waals surface area contributed by atoms with Crippen LogP contribution >= 0.6 is 0 Å². The maximum atomic E-state index is 13.5. The summed E-state index contributed by atoms with van der Waals surface area (Å²) in [6, 6.07) is -0.444. The Labute approximate surface area is 98.0 Å². The lowest BCUT2D eigenvalue weighted by Gasteiger charge is -2.23. The van der Waals surface area contributed by atoms with Crippen LogP contribution in [0.3, 0.4) is 0 Å². The van der Waals surface area contributed by atoms with E-state index in [-0.39, 0.29) is 0 Å². The third-order valence-corrected chi connectivity index (χ3v) is 2.33. The SMILES string of the molecule is N[C@@H](c1cccc(C(F)(F)F)c1F)C(F)(F)CO. The highest BCUT2D eigenvalue weighted by atomic mass is 19.4. The zero-order chi connectivity index (χ0) is 14.1. The Morgan fingerprint density at radius 1 is 1.17 bits per heavy atom. The van der Waals surface area contributed by atoms with Crippen LogP contribution < -0.4 is 5.73 Å². The maximum Gasteiger partial charge on any atom is 0.419 e. The molecule has 0 radical (unpaired) electrons. The van der Waals surface area contributed by atoms with E-state index in [0.29, 0.717) is 6.07 Å². The molecule has 2 nitrogen and oxygen atoms in total. The third kappa shape index (κ3) is 2.75. The van der Waals surface area contributed by atoms with Gasteiger partial charge in [-0.25, -0.2) is 13.2 Å². The van der Waals surface area contributed by atoms with Crippen molar-refractivity contribution in [2.75, 3.05) is 6.61 Å². The second-order valence-electron chi connectivity index (χ2n) is 3.60. The number of rotatable bonds is 3. The van der Waals surface area contributed by atoms with Gasteiger partial charge in [-0.3, -0.25) is 0 Å². The molecule has 8 heteroatoms. The fourth-order valence-corrected chi connectivity index (χ4v) is 1.33. The molecule has 1 atom stereocenters. The van der Waals surface area contributed by atoms with Gasteiger partial charge in [-0.2, -0.15) is 13.2 Å². The Morgan fingerprint density at radius 2 is 1.72 bits per heavy atom. The maximum absolute atomic E-state index is 13.5. The molecule has 1 rings (SSSR count). The number of halogens is 6. The molecule has 3 N–H and O–H groups in total. The van der Waals surface area contributed by atoms with Gasteiger partial charge in [0.05, 0.1) is 11.6 Å². The third-order valence-electron chi connectivity index (χ3n) is 2.33. The first-order valence-electron chi connectivity index (χ1n) is 4.71. The number of benzene rings is 1. The summed E-state index contributed by atoms with van der Waals surface area (Å²) in [4.78, 5) is 0. The zero-order valence-corrected chi connectivity index (χ0v) is 8.81. The van der Waals surface area contributed by atoms with Crippen LogP contribution in [0.1, 0.15) is 17.2 Å². The van der Waals surface area contributed by atoms with Crippen LogP contribution in [-0.4, -0.2) is 17.6 Å². The topological polar surface area (TPSA) is 46.2 Å². The van der Waals surface area contributed by atoms with Crippen molar-refractivity contribution in [2.45, 2.75) is 18.1 Å². The first kappa shape index (κ1) is 14.8. The number of hydrogen-bond donors (Lipinski definition) is 2. The van der Waals surface area contributed by atoms with Crippen LogP contribution in [0.25, 0.3) is 0 Å². The number of aliphatic hydroxyl groups is 1. The first-order valence-corrected chi connectivity index (χ1v) is 4.71. The van der Waals surface area contributed by atoms with E-state index in [2.05, 4.69) is 0 Å². The molecule has 1 aromatic rings. The van der Waals surface area contributed by atoms with E-state index in [9.17, 15) is 26.3 Å². The van der Waals surface area contributed by atoms with Gasteiger partial charge >= 0.3 is 6.18 Å². The highest BCUT2D eigenvalue weighted by molar-refractivity contribution is 5.31. The number of aliphatic hydroxyl groups excluding tert-OH is 1. The monoisotopic (exact) mass is 273 g/mol. The van der Waals surface area contributed by atoms with Crippen LogP contribution in [0.2, 0.25) is 0 Å². The van der Waals surface area contributed by atoms with Gasteiger partial charge in [-0.1, -0.05) is 12.1 Å². The lowest BCUT2D eigenvalue weighted by atomic mass is 9.98. The summed E-state index contributed by atoms with van der Waals surface area (Å²) in [6.45, 7) is -1.69. The van der Waals surface area contributed by atoms with E-state index in [4.69, 9.17) is 10.8 Å². The quantitative estimate of drug-likeness (QED) is 0.831. The second-order valence-corrected chi connectivity index (χ2v) is 3.60. The smallest absolute Gasteiger partial charge is 0.390 e. The van der Waals surface area contributed by atoms with Crippen LogP contribution in [0.15, 0.2) is 18.2 Å². The van der Waals surface area contributed by atoms with Gasteiger partial charge in [-0.05, 0) is 6.07 Å². The lowest BCUT2D eigenvalue weighted by Crippen LogP contribution is -2.37. The minimum absolute atomic E-state index is 0.419. The van der Waals surface area contributed by atoms with Crippen LogP contribution in [-0.2, 0) is 6.18 Å². The predicted octanol–water partition coefficient (Wildman–Crippen LogP) is 2.47. The van der Waals surface area contributed by atoms with E-state index in [1.165, 1.54) is 0 Å². The van der Waals surface area contributed by atoms with Crippen molar-refractivity contribution in [3.63, 3.8) is 0 Å². The Bertz CT molecular complexity index is 431. The molecule has 0 aliphatic heterocycles. The summed E-state index contributed by atoms with van der Waals surface area (Å²) in [6.07, 6.45) is -5.01. The van der Waals surface area contributed by atoms with Gasteiger partial charge in [0.25, 0.3) is 5.92 Å². The molecule has 0 heterocycles. The molecule has 0 aromatic heterocycles. The van der Waals surface area contributed by atoms with E-state index in [1.807, 2.05) is 0 Å². The van der Waals surface area contributed by atoms with E-state index in [0.717, 1.165) is 12.1 Å². The van der Waals surface area contributed by atoms with Crippen molar-refractivity contribution >= 4 is 0 Å². The summed E-state index contributed by atoms with van der Waals surface area (Å²) < 4.78 is 76.6. The molecule has 0 saturated heterocycles. The van der Waals surface area contributed by atoms with Gasteiger partial charge in [0.1, 0.15) is 12.4 Å². The Morgan fingerprint density at radius 3 is 2.17 bits per heavy atom. The molecule has 0 fully saturated rings. The molecule has 0 aliphatic carbocycles. The van der Waals surface area contributed by atoms with Crippen molar-refractivity contribution in [1.29, 1.82) is 0 Å². The van der Waals surface area contributed by atoms with E-state index >= 15 is 0 Å². The Kier molecular flexibility index (Phi) is 3.92. The van der Waals surface area contributed by atoms with Crippen molar-refractivity contribution < 1.29 is 31.4 Å². The normalized spacial score (nSPS) is 14.7. The Balaban J connectivity index is 3.28. The molecular weight excluding hydrogens is 264 g/mol. The van der Waals surface area contributed by atoms with Gasteiger partial charge in [0, 0.05) is 5.56 Å². The lowest BCUT2D eigenvalue weighted by molar-refractivity contribution is -0.140. The zero-order valence-electron chi connectivity index (χ0n) is 8.81. The van der Waals surface area contributed by atoms with Gasteiger partial charge < -0.3 is 10.8 Å². The highest BCUT2D eigenvalue weighted by Crippen LogP contribution is 2.36. The molecule has 1 aromatic carbocycles. The summed E-state index contributed by atoms with van der Waals surface area (Å²) >= 11 is 0. The fraction of sp³-hybridized carbons (Fsp3) is 0.400. The molecule has 0 bridgehead atoms. The van der Waals surface area contributed by atoms with Crippen LogP contribution in [0.4, 0.5) is 26.3 Å². The number of alkyl halides is 5. The largest absolute Gasteiger partial charge is 0.419 e. The van der Waals surface area contributed by atoms with Crippen molar-refractivity contribution in [1.82, 2.24) is 0 Å². The number of hydrogen-bond acceptors (Lipinski definition) is 2. The average Bonchev–Trinajstić information content (AvgIpc) is 2.27. The van der Waals surface area contributed by atoms with Gasteiger partial charge in [0.2, 0.25) is 0 Å². The molecule has 0 aliphatic rings. The van der Waals surface area contributed by atoms with Crippen molar-refractivity contribution in [3.05, 3.63) is 35.1 Å². The molecule has 18 heavy (non-hydrogen) atoms. The van der Waals surface area contributed by atoms with Crippen molar-refractivity contribution in [2.24, 2.45) is 5.73 Å². The summed E-state index contributed by atoms with van der Waals surface area (Å²) in [5.41, 5.74) is 2.31. The van der Waals surface area contributed by atoms with Crippen LogP contribution in [0.5, 0.6) is 0 Å². The first-order chi connectivity index (χ1) is 8.11. The molecule has 102 valence electrons. The molecule has 0 saturated carbocycles.